The number of pyridine rings is 1. The quantitative estimate of drug-likeness (QED) is 0.492. The van der Waals surface area contributed by atoms with E-state index in [0.717, 1.165) is 44.6 Å². The zero-order valence-electron chi connectivity index (χ0n) is 14.4. The lowest BCUT2D eigenvalue weighted by molar-refractivity contribution is 0.415. The Morgan fingerprint density at radius 3 is 2.70 bits per heavy atom. The van der Waals surface area contributed by atoms with Gasteiger partial charge in [0.15, 0.2) is 18.0 Å². The lowest BCUT2D eigenvalue weighted by Crippen LogP contribution is -1.96. The highest BCUT2D eigenvalue weighted by Crippen LogP contribution is 2.32. The van der Waals surface area contributed by atoms with Crippen molar-refractivity contribution in [2.75, 3.05) is 12.4 Å². The van der Waals surface area contributed by atoms with Crippen LogP contribution in [-0.4, -0.2) is 27.3 Å². The predicted molar refractivity (Wildman–Crippen MR) is 103 cm³/mol. The summed E-state index contributed by atoms with van der Waals surface area (Å²) in [7, 11) is 1.65. The molecule has 0 radical (unpaired) electrons. The average molecular weight is 357 g/mol. The maximum absolute atomic E-state index is 5.33. The number of anilines is 2. The monoisotopic (exact) mass is 357 g/mol. The van der Waals surface area contributed by atoms with E-state index in [9.17, 15) is 0 Å². The van der Waals surface area contributed by atoms with Crippen molar-refractivity contribution in [1.29, 1.82) is 0 Å². The number of oxazole rings is 1. The van der Waals surface area contributed by atoms with Crippen LogP contribution in [-0.2, 0) is 0 Å². The summed E-state index contributed by atoms with van der Waals surface area (Å²) < 4.78 is 10.7. The van der Waals surface area contributed by atoms with Crippen molar-refractivity contribution in [2.45, 2.75) is 0 Å². The highest BCUT2D eigenvalue weighted by Gasteiger charge is 2.12. The lowest BCUT2D eigenvalue weighted by Gasteiger charge is -2.10. The van der Waals surface area contributed by atoms with Gasteiger partial charge in [-0.05, 0) is 42.5 Å². The number of aromatic amines is 1. The smallest absolute Gasteiger partial charge is 0.181 e. The summed E-state index contributed by atoms with van der Waals surface area (Å²) in [6.45, 7) is 0. The van der Waals surface area contributed by atoms with Crippen LogP contribution in [0.2, 0.25) is 0 Å². The molecule has 7 heteroatoms. The van der Waals surface area contributed by atoms with E-state index in [-0.39, 0.29) is 0 Å². The summed E-state index contributed by atoms with van der Waals surface area (Å²) in [4.78, 5) is 8.70. The Balaban J connectivity index is 1.55. The van der Waals surface area contributed by atoms with Crippen molar-refractivity contribution in [2.24, 2.45) is 0 Å². The van der Waals surface area contributed by atoms with Gasteiger partial charge in [-0.2, -0.15) is 5.10 Å². The molecule has 3 aromatic heterocycles. The topological polar surface area (TPSA) is 88.9 Å². The fourth-order valence-corrected chi connectivity index (χ4v) is 3.11. The number of nitrogens with zero attached hydrogens (tertiary/aromatic N) is 3. The van der Waals surface area contributed by atoms with Crippen LogP contribution in [0.4, 0.5) is 11.5 Å². The van der Waals surface area contributed by atoms with Crippen molar-refractivity contribution in [3.63, 3.8) is 0 Å². The minimum absolute atomic E-state index is 0.715. The molecule has 0 saturated carbocycles. The van der Waals surface area contributed by atoms with Crippen molar-refractivity contribution in [1.82, 2.24) is 20.2 Å². The first-order valence-corrected chi connectivity index (χ1v) is 8.38. The Hall–Kier alpha value is -3.87. The number of hydrogen-bond acceptors (Lipinski definition) is 6. The van der Waals surface area contributed by atoms with E-state index in [4.69, 9.17) is 14.1 Å². The second kappa shape index (κ2) is 6.14. The van der Waals surface area contributed by atoms with Gasteiger partial charge in [-0.25, -0.2) is 9.97 Å². The number of benzene rings is 2. The first-order chi connectivity index (χ1) is 13.3. The van der Waals surface area contributed by atoms with Crippen LogP contribution in [0, 0.1) is 0 Å². The van der Waals surface area contributed by atoms with Crippen molar-refractivity contribution in [3.05, 3.63) is 61.3 Å². The minimum Gasteiger partial charge on any atom is -0.497 e. The fraction of sp³-hybridized carbons (Fsp3) is 0.0500. The molecule has 7 nitrogen and oxygen atoms in total. The molecule has 0 saturated heterocycles. The highest BCUT2D eigenvalue weighted by atomic mass is 16.5. The molecule has 3 heterocycles. The summed E-state index contributed by atoms with van der Waals surface area (Å²) in [5.41, 5.74) is 3.58. The normalized spacial score (nSPS) is 11.1. The molecular weight excluding hydrogens is 342 g/mol. The number of aromatic nitrogens is 4. The first-order valence-electron chi connectivity index (χ1n) is 8.38. The number of ether oxygens (including phenoxy) is 1. The Bertz CT molecular complexity index is 1230. The average Bonchev–Trinajstić information content (AvgIpc) is 3.41. The number of fused-ring (bicyclic) bond motifs is 3. The minimum atomic E-state index is 0.715. The fourth-order valence-electron chi connectivity index (χ4n) is 3.11. The molecule has 0 spiro atoms. The molecule has 0 atom stereocenters. The van der Waals surface area contributed by atoms with E-state index < -0.39 is 0 Å². The van der Waals surface area contributed by atoms with E-state index in [0.29, 0.717) is 5.82 Å². The van der Waals surface area contributed by atoms with E-state index >= 15 is 0 Å². The molecule has 0 aliphatic rings. The maximum Gasteiger partial charge on any atom is 0.181 e. The molecule has 132 valence electrons. The molecule has 0 unspecified atom stereocenters. The second-order valence-corrected chi connectivity index (χ2v) is 6.07. The van der Waals surface area contributed by atoms with Gasteiger partial charge in [0.1, 0.15) is 11.3 Å². The number of methoxy groups -OCH3 is 1. The zero-order chi connectivity index (χ0) is 18.2. The van der Waals surface area contributed by atoms with Crippen LogP contribution >= 0.6 is 0 Å². The lowest BCUT2D eigenvalue weighted by atomic mass is 10.1. The molecule has 2 N–H and O–H groups in total. The zero-order valence-corrected chi connectivity index (χ0v) is 14.4. The summed E-state index contributed by atoms with van der Waals surface area (Å²) in [5, 5.41) is 12.6. The van der Waals surface area contributed by atoms with E-state index in [2.05, 4.69) is 20.5 Å². The molecular formula is C20H15N5O2. The summed E-state index contributed by atoms with van der Waals surface area (Å²) in [6.07, 6.45) is 4.91. The number of hydrogen-bond donors (Lipinski definition) is 2. The Morgan fingerprint density at radius 1 is 1.04 bits per heavy atom. The van der Waals surface area contributed by atoms with E-state index in [1.54, 1.807) is 19.5 Å². The van der Waals surface area contributed by atoms with Gasteiger partial charge < -0.3 is 14.5 Å². The Labute approximate surface area is 154 Å². The van der Waals surface area contributed by atoms with Gasteiger partial charge in [0, 0.05) is 22.0 Å². The largest absolute Gasteiger partial charge is 0.497 e. The highest BCUT2D eigenvalue weighted by molar-refractivity contribution is 6.09. The summed E-state index contributed by atoms with van der Waals surface area (Å²) in [5.74, 6) is 2.23. The molecule has 27 heavy (non-hydrogen) atoms. The molecule has 2 aromatic carbocycles. The molecule has 0 amide bonds. The molecule has 0 aliphatic heterocycles. The third-order valence-electron chi connectivity index (χ3n) is 4.47. The van der Waals surface area contributed by atoms with Gasteiger partial charge in [-0.3, -0.25) is 5.10 Å². The third-order valence-corrected chi connectivity index (χ3v) is 4.47. The van der Waals surface area contributed by atoms with Crippen molar-refractivity contribution in [3.8, 4) is 17.1 Å². The molecule has 5 rings (SSSR count). The van der Waals surface area contributed by atoms with Gasteiger partial charge >= 0.3 is 0 Å². The van der Waals surface area contributed by atoms with Crippen LogP contribution in [0.25, 0.3) is 33.1 Å². The van der Waals surface area contributed by atoms with Crippen LogP contribution in [0.1, 0.15) is 0 Å². The molecule has 0 fully saturated rings. The SMILES string of the molecule is COc1ccc2nc(Nc3ccc(-c4cnco4)cc3)c3[nH]ncc3c2c1. The number of H-pyrrole nitrogens is 1. The van der Waals surface area contributed by atoms with Gasteiger partial charge in [0.2, 0.25) is 0 Å². The molecule has 0 aliphatic carbocycles. The summed E-state index contributed by atoms with van der Waals surface area (Å²) in [6, 6.07) is 13.7. The van der Waals surface area contributed by atoms with Crippen LogP contribution in [0.3, 0.4) is 0 Å². The van der Waals surface area contributed by atoms with Crippen LogP contribution in [0.15, 0.2) is 65.7 Å². The molecule has 5 aromatic rings. The van der Waals surface area contributed by atoms with Gasteiger partial charge in [0.05, 0.1) is 25.0 Å². The van der Waals surface area contributed by atoms with Crippen molar-refractivity contribution < 1.29 is 9.15 Å². The summed E-state index contributed by atoms with van der Waals surface area (Å²) >= 11 is 0. The first kappa shape index (κ1) is 15.4. The van der Waals surface area contributed by atoms with Gasteiger partial charge in [-0.15, -0.1) is 0 Å². The van der Waals surface area contributed by atoms with Crippen molar-refractivity contribution >= 4 is 33.3 Å². The maximum atomic E-state index is 5.33. The second-order valence-electron chi connectivity index (χ2n) is 6.07. The van der Waals surface area contributed by atoms with E-state index in [1.165, 1.54) is 6.39 Å². The predicted octanol–water partition coefficient (Wildman–Crippen LogP) is 4.52. The van der Waals surface area contributed by atoms with Gasteiger partial charge in [-0.1, -0.05) is 0 Å². The van der Waals surface area contributed by atoms with Crippen LogP contribution < -0.4 is 10.1 Å². The van der Waals surface area contributed by atoms with Crippen LogP contribution in [0.5, 0.6) is 5.75 Å². The Morgan fingerprint density at radius 2 is 1.93 bits per heavy atom. The third kappa shape index (κ3) is 2.65. The van der Waals surface area contributed by atoms with Gasteiger partial charge in [0.25, 0.3) is 0 Å². The number of rotatable bonds is 4. The number of nitrogens with one attached hydrogen (secondary N) is 2. The Kier molecular flexibility index (Phi) is 3.50. The van der Waals surface area contributed by atoms with E-state index in [1.807, 2.05) is 42.5 Å². The molecule has 0 bridgehead atoms. The standard InChI is InChI=1S/C20H15N5O2/c1-26-14-6-7-17-15(8-14)16-9-22-25-19(16)20(24-17)23-13-4-2-12(3-5-13)18-10-21-11-27-18/h2-11H,1H3,(H,22,25)(H,23,24).